The van der Waals surface area contributed by atoms with Crippen LogP contribution in [0.25, 0.3) is 10.6 Å². The quantitative estimate of drug-likeness (QED) is 0.820. The number of carbonyl (C=O) groups is 2. The van der Waals surface area contributed by atoms with E-state index in [4.69, 9.17) is 0 Å². The molecule has 1 heterocycles. The molecule has 1 N–H and O–H groups in total. The van der Waals surface area contributed by atoms with Crippen LogP contribution in [0.5, 0.6) is 0 Å². The maximum atomic E-state index is 12.9. The molecule has 3 aliphatic carbocycles. The molecule has 0 saturated heterocycles. The molecule has 5 rings (SSSR count). The number of fused-ring (bicyclic) bond motifs is 1. The van der Waals surface area contributed by atoms with E-state index in [1.807, 2.05) is 18.2 Å². The number of Topliss-reactive ketones (excluding diaryl/α,β-unsaturated/α-hetero) is 1. The van der Waals surface area contributed by atoms with Gasteiger partial charge in [0.05, 0.1) is 5.54 Å². The largest absolute Gasteiger partial charge is 0.344 e. The first-order chi connectivity index (χ1) is 12.3. The van der Waals surface area contributed by atoms with Gasteiger partial charge in [-0.15, -0.1) is 11.3 Å². The van der Waals surface area contributed by atoms with Crippen LogP contribution in [0.3, 0.4) is 0 Å². The summed E-state index contributed by atoms with van der Waals surface area (Å²) in [4.78, 5) is 29.3. The maximum Gasteiger partial charge on any atom is 0.271 e. The van der Waals surface area contributed by atoms with Crippen molar-refractivity contribution in [3.8, 4) is 10.6 Å². The van der Waals surface area contributed by atoms with Crippen LogP contribution in [0.1, 0.15) is 60.9 Å². The fraction of sp³-hybridized carbons (Fsp3) is 0.476. The van der Waals surface area contributed by atoms with Crippen molar-refractivity contribution >= 4 is 23.0 Å². The second-order valence-electron chi connectivity index (χ2n) is 8.47. The predicted octanol–water partition coefficient (Wildman–Crippen LogP) is 4.32. The van der Waals surface area contributed by atoms with Gasteiger partial charge in [-0.3, -0.25) is 9.59 Å². The molecule has 0 aliphatic heterocycles. The number of benzene rings is 1. The van der Waals surface area contributed by atoms with Crippen LogP contribution in [-0.2, 0) is 0 Å². The van der Waals surface area contributed by atoms with Crippen LogP contribution in [-0.4, -0.2) is 22.2 Å². The Morgan fingerprint density at radius 3 is 2.69 bits per heavy atom. The van der Waals surface area contributed by atoms with E-state index in [1.165, 1.54) is 24.2 Å². The summed E-state index contributed by atoms with van der Waals surface area (Å²) in [6.07, 6.45) is 3.62. The molecule has 4 atom stereocenters. The third-order valence-corrected chi connectivity index (χ3v) is 8.75. The number of hydrogen-bond donors (Lipinski definition) is 1. The zero-order valence-electron chi connectivity index (χ0n) is 15.3. The second-order valence-corrected chi connectivity index (χ2v) is 9.33. The molecule has 3 saturated carbocycles. The van der Waals surface area contributed by atoms with Gasteiger partial charge >= 0.3 is 0 Å². The van der Waals surface area contributed by atoms with Crippen LogP contribution >= 0.6 is 11.3 Å². The zero-order valence-corrected chi connectivity index (χ0v) is 16.1. The molecule has 2 aromatic rings. The van der Waals surface area contributed by atoms with Gasteiger partial charge in [-0.1, -0.05) is 38.1 Å². The van der Waals surface area contributed by atoms with Crippen molar-refractivity contribution in [1.82, 2.24) is 10.3 Å². The monoisotopic (exact) mass is 366 g/mol. The number of nitrogens with one attached hydrogen (secondary N) is 1. The fourth-order valence-electron chi connectivity index (χ4n) is 6.17. The van der Waals surface area contributed by atoms with Crippen LogP contribution in [0.2, 0.25) is 0 Å². The molecule has 3 aliphatic rings. The van der Waals surface area contributed by atoms with Gasteiger partial charge in [0.25, 0.3) is 5.91 Å². The van der Waals surface area contributed by atoms with Gasteiger partial charge in [-0.05, 0) is 37.5 Å². The third-order valence-electron chi connectivity index (χ3n) is 7.87. The van der Waals surface area contributed by atoms with E-state index >= 15 is 0 Å². The van der Waals surface area contributed by atoms with E-state index in [0.29, 0.717) is 11.3 Å². The number of aromatic nitrogens is 1. The summed E-state index contributed by atoms with van der Waals surface area (Å²) in [6.45, 7) is 6.22. The van der Waals surface area contributed by atoms with Gasteiger partial charge in [0.15, 0.2) is 5.78 Å². The molecule has 4 nitrogen and oxygen atoms in total. The van der Waals surface area contributed by atoms with E-state index in [9.17, 15) is 9.59 Å². The van der Waals surface area contributed by atoms with Gasteiger partial charge in [-0.25, -0.2) is 4.98 Å². The third kappa shape index (κ3) is 1.63. The van der Waals surface area contributed by atoms with Gasteiger partial charge in [0, 0.05) is 21.9 Å². The summed E-state index contributed by atoms with van der Waals surface area (Å²) in [5, 5.41) is 5.86. The summed E-state index contributed by atoms with van der Waals surface area (Å²) >= 11 is 1.42. The number of nitrogens with zero attached hydrogens (tertiary/aromatic N) is 1. The molecule has 0 spiro atoms. The minimum atomic E-state index is -0.0805. The highest BCUT2D eigenvalue weighted by Crippen LogP contribution is 2.91. The lowest BCUT2D eigenvalue weighted by Crippen LogP contribution is -2.53. The molecular formula is C21H22N2O2S. The number of rotatable bonds is 4. The molecule has 3 fully saturated rings. The number of amides is 1. The van der Waals surface area contributed by atoms with Crippen molar-refractivity contribution in [2.75, 3.05) is 0 Å². The molecule has 1 aromatic carbocycles. The molecule has 1 aromatic heterocycles. The average molecular weight is 366 g/mol. The zero-order chi connectivity index (χ0) is 18.3. The van der Waals surface area contributed by atoms with Gasteiger partial charge in [0.1, 0.15) is 10.7 Å². The summed E-state index contributed by atoms with van der Waals surface area (Å²) < 4.78 is 0. The minimum absolute atomic E-state index is 0.00727. The number of carbonyl (C=O) groups excluding carboxylic acids is 2. The van der Waals surface area contributed by atoms with Crippen LogP contribution < -0.4 is 5.32 Å². The van der Waals surface area contributed by atoms with Gasteiger partial charge in [0.2, 0.25) is 0 Å². The lowest BCUT2D eigenvalue weighted by molar-refractivity contribution is 0.0739. The lowest BCUT2D eigenvalue weighted by atomic mass is 9.68. The van der Waals surface area contributed by atoms with E-state index < -0.39 is 0 Å². The standard InChI is InChI=1S/C21H22N2O2S/c1-12(24)14-6-4-5-7-15(14)18-22-16(11-26-18)17(25)23-21-10-13-8-9-19(21,2)20(13,21)3/h4-7,11,13H,8-10H2,1-3H3,(H,23,25)/t13-,19-,20?,21-/m1/s1. The summed E-state index contributed by atoms with van der Waals surface area (Å²) in [5.74, 6) is 0.692. The van der Waals surface area contributed by atoms with Crippen LogP contribution in [0.15, 0.2) is 29.6 Å². The molecule has 5 heteroatoms. The van der Waals surface area contributed by atoms with E-state index in [1.54, 1.807) is 18.4 Å². The Balaban J connectivity index is 1.41. The number of hydrogen-bond acceptors (Lipinski definition) is 4. The molecule has 1 unspecified atom stereocenters. The Morgan fingerprint density at radius 2 is 2.04 bits per heavy atom. The summed E-state index contributed by atoms with van der Waals surface area (Å²) in [7, 11) is 0. The molecule has 0 radical (unpaired) electrons. The van der Waals surface area contributed by atoms with Crippen molar-refractivity contribution in [3.05, 3.63) is 40.9 Å². The Hall–Kier alpha value is -2.01. The van der Waals surface area contributed by atoms with Crippen LogP contribution in [0.4, 0.5) is 0 Å². The number of thiazole rings is 1. The van der Waals surface area contributed by atoms with Crippen molar-refractivity contribution in [3.63, 3.8) is 0 Å². The highest BCUT2D eigenvalue weighted by molar-refractivity contribution is 7.13. The molecule has 26 heavy (non-hydrogen) atoms. The Labute approximate surface area is 157 Å². The normalized spacial score (nSPS) is 36.2. The second kappa shape index (κ2) is 4.83. The average Bonchev–Trinajstić information content (AvgIpc) is 3.07. The van der Waals surface area contributed by atoms with E-state index in [0.717, 1.165) is 22.9 Å². The van der Waals surface area contributed by atoms with Gasteiger partial charge < -0.3 is 5.32 Å². The minimum Gasteiger partial charge on any atom is -0.344 e. The van der Waals surface area contributed by atoms with Crippen molar-refractivity contribution in [1.29, 1.82) is 0 Å². The fourth-order valence-corrected chi connectivity index (χ4v) is 7.01. The Morgan fingerprint density at radius 1 is 1.27 bits per heavy atom. The Bertz CT molecular complexity index is 956. The van der Waals surface area contributed by atoms with Crippen molar-refractivity contribution < 1.29 is 9.59 Å². The smallest absolute Gasteiger partial charge is 0.271 e. The van der Waals surface area contributed by atoms with E-state index in [-0.39, 0.29) is 28.1 Å². The molecule has 1 amide bonds. The SMILES string of the molecule is CC(=O)c1ccccc1-c1nc(C(=O)N[C@]23C[C@H]4CC[C@]2(C)C43C)cs1. The number of ketones is 1. The first-order valence-electron chi connectivity index (χ1n) is 9.22. The molecule has 0 bridgehead atoms. The molecular weight excluding hydrogens is 344 g/mol. The lowest BCUT2D eigenvalue weighted by Gasteiger charge is -2.42. The first-order valence-corrected chi connectivity index (χ1v) is 10.1. The van der Waals surface area contributed by atoms with Crippen molar-refractivity contribution in [2.24, 2.45) is 16.7 Å². The highest BCUT2D eigenvalue weighted by Gasteiger charge is 2.93. The topological polar surface area (TPSA) is 59.1 Å². The molecule has 134 valence electrons. The predicted molar refractivity (Wildman–Crippen MR) is 101 cm³/mol. The maximum absolute atomic E-state index is 12.9. The van der Waals surface area contributed by atoms with E-state index in [2.05, 4.69) is 24.1 Å². The Kier molecular flexibility index (Phi) is 3.00. The van der Waals surface area contributed by atoms with Crippen LogP contribution in [0, 0.1) is 16.7 Å². The van der Waals surface area contributed by atoms with Gasteiger partial charge in [-0.2, -0.15) is 0 Å². The van der Waals surface area contributed by atoms with Crippen molar-refractivity contribution in [2.45, 2.75) is 45.6 Å². The summed E-state index contributed by atoms with van der Waals surface area (Å²) in [5.41, 5.74) is 2.40. The first kappa shape index (κ1) is 16.2. The highest BCUT2D eigenvalue weighted by atomic mass is 32.1. The summed E-state index contributed by atoms with van der Waals surface area (Å²) in [6, 6.07) is 7.43.